The van der Waals surface area contributed by atoms with Gasteiger partial charge in [-0.2, -0.15) is 10.2 Å². The van der Waals surface area contributed by atoms with Gasteiger partial charge in [-0.15, -0.1) is 0 Å². The van der Waals surface area contributed by atoms with Gasteiger partial charge in [0.25, 0.3) is 0 Å². The summed E-state index contributed by atoms with van der Waals surface area (Å²) >= 11 is 0. The van der Waals surface area contributed by atoms with E-state index >= 15 is 0 Å². The van der Waals surface area contributed by atoms with Gasteiger partial charge in [-0.3, -0.25) is 0 Å². The molecule has 0 heterocycles. The normalized spacial score (nSPS) is 10.8. The van der Waals surface area contributed by atoms with Gasteiger partial charge in [-0.1, -0.05) is 12.1 Å². The average Bonchev–Trinajstić information content (AvgIpc) is 2.45. The quantitative estimate of drug-likeness (QED) is 0.777. The summed E-state index contributed by atoms with van der Waals surface area (Å²) < 4.78 is 0. The van der Waals surface area contributed by atoms with Crippen molar-refractivity contribution >= 4 is 22.7 Å². The molecule has 0 bridgehead atoms. The van der Waals surface area contributed by atoms with Gasteiger partial charge in [-0.05, 0) is 36.4 Å². The number of hydrogen-bond acceptors (Lipinski definition) is 4. The molecule has 0 atom stereocenters. The Hall–Kier alpha value is -2.36. The smallest absolute Gasteiger partial charge is 0.0877 e. The van der Waals surface area contributed by atoms with E-state index in [-0.39, 0.29) is 0 Å². The monoisotopic (exact) mass is 268 g/mol. The second kappa shape index (κ2) is 6.19. The van der Waals surface area contributed by atoms with E-state index in [9.17, 15) is 0 Å². The molecule has 4 nitrogen and oxygen atoms in total. The average molecular weight is 268 g/mol. The second-order valence-electron chi connectivity index (χ2n) is 5.03. The van der Waals surface area contributed by atoms with Crippen LogP contribution < -0.4 is 9.80 Å². The molecule has 2 aromatic carbocycles. The van der Waals surface area contributed by atoms with Crippen molar-refractivity contribution in [2.24, 2.45) is 10.2 Å². The number of anilines is 2. The molecule has 0 aliphatic heterocycles. The van der Waals surface area contributed by atoms with Gasteiger partial charge in [0.2, 0.25) is 0 Å². The van der Waals surface area contributed by atoms with E-state index in [0.29, 0.717) is 0 Å². The highest BCUT2D eigenvalue weighted by atomic mass is 15.1. The lowest BCUT2D eigenvalue weighted by molar-refractivity contribution is 1.12. The van der Waals surface area contributed by atoms with Crippen molar-refractivity contribution in [2.45, 2.75) is 0 Å². The van der Waals surface area contributed by atoms with Gasteiger partial charge in [0.05, 0.1) is 11.4 Å². The fourth-order valence-electron chi connectivity index (χ4n) is 1.78. The Morgan fingerprint density at radius 1 is 0.650 bits per heavy atom. The van der Waals surface area contributed by atoms with Crippen LogP contribution in [0.3, 0.4) is 0 Å². The molecule has 0 fully saturated rings. The van der Waals surface area contributed by atoms with E-state index in [1.54, 1.807) is 0 Å². The fraction of sp³-hybridized carbons (Fsp3) is 0.250. The molecular formula is C16H20N4. The molecule has 2 aromatic rings. The predicted octanol–water partition coefficient (Wildman–Crippen LogP) is 4.23. The van der Waals surface area contributed by atoms with Crippen LogP contribution in [0.15, 0.2) is 58.8 Å². The summed E-state index contributed by atoms with van der Waals surface area (Å²) in [6.45, 7) is 0. The van der Waals surface area contributed by atoms with Crippen LogP contribution in [0, 0.1) is 0 Å². The Bertz CT molecular complexity index is 549. The van der Waals surface area contributed by atoms with Gasteiger partial charge < -0.3 is 9.80 Å². The molecule has 4 heteroatoms. The van der Waals surface area contributed by atoms with E-state index in [1.807, 2.05) is 86.5 Å². The molecular weight excluding hydrogens is 248 g/mol. The first-order valence-corrected chi connectivity index (χ1v) is 6.53. The molecule has 0 amide bonds. The maximum Gasteiger partial charge on any atom is 0.0877 e. The lowest BCUT2D eigenvalue weighted by Crippen LogP contribution is -2.07. The molecule has 0 radical (unpaired) electrons. The van der Waals surface area contributed by atoms with Crippen LogP contribution in [0.1, 0.15) is 0 Å². The summed E-state index contributed by atoms with van der Waals surface area (Å²) in [5.41, 5.74) is 3.94. The highest BCUT2D eigenvalue weighted by Crippen LogP contribution is 2.24. The van der Waals surface area contributed by atoms with E-state index in [1.165, 1.54) is 0 Å². The number of azo groups is 1. The summed E-state index contributed by atoms with van der Waals surface area (Å²) in [7, 11) is 8.04. The molecule has 0 N–H and O–H groups in total. The largest absolute Gasteiger partial charge is 0.378 e. The summed E-state index contributed by atoms with van der Waals surface area (Å²) in [5, 5.41) is 8.60. The Balaban J connectivity index is 2.21. The van der Waals surface area contributed by atoms with Gasteiger partial charge in [0.15, 0.2) is 0 Å². The first-order chi connectivity index (χ1) is 9.56. The minimum Gasteiger partial charge on any atom is -0.378 e. The zero-order valence-corrected chi connectivity index (χ0v) is 12.4. The lowest BCUT2D eigenvalue weighted by atomic mass is 10.2. The summed E-state index contributed by atoms with van der Waals surface area (Å²) in [6, 6.07) is 16.0. The van der Waals surface area contributed by atoms with E-state index in [2.05, 4.69) is 10.2 Å². The van der Waals surface area contributed by atoms with Crippen LogP contribution in [-0.4, -0.2) is 28.2 Å². The van der Waals surface area contributed by atoms with Gasteiger partial charge in [-0.25, -0.2) is 0 Å². The number of benzene rings is 2. The molecule has 0 aromatic heterocycles. The van der Waals surface area contributed by atoms with Crippen molar-refractivity contribution in [3.8, 4) is 0 Å². The molecule has 2 rings (SSSR count). The molecule has 0 unspecified atom stereocenters. The number of rotatable bonds is 4. The van der Waals surface area contributed by atoms with E-state index < -0.39 is 0 Å². The van der Waals surface area contributed by atoms with Crippen LogP contribution in [0.25, 0.3) is 0 Å². The molecule has 0 aliphatic rings. The van der Waals surface area contributed by atoms with Crippen molar-refractivity contribution in [3.05, 3.63) is 48.5 Å². The molecule has 104 valence electrons. The third-order valence-electron chi connectivity index (χ3n) is 2.97. The van der Waals surface area contributed by atoms with Gasteiger partial charge in [0.1, 0.15) is 0 Å². The van der Waals surface area contributed by atoms with Gasteiger partial charge >= 0.3 is 0 Å². The zero-order chi connectivity index (χ0) is 14.5. The molecule has 0 aliphatic carbocycles. The number of hydrogen-bond donors (Lipinski definition) is 0. The van der Waals surface area contributed by atoms with Gasteiger partial charge in [0, 0.05) is 39.6 Å². The second-order valence-corrected chi connectivity index (χ2v) is 5.03. The Morgan fingerprint density at radius 3 is 1.40 bits per heavy atom. The third-order valence-corrected chi connectivity index (χ3v) is 2.97. The SMILES string of the molecule is CN(C)c1cccc(N=Nc2cccc(N(C)C)c2)c1. The van der Waals surface area contributed by atoms with Crippen LogP contribution in [0.5, 0.6) is 0 Å². The summed E-state index contributed by atoms with van der Waals surface area (Å²) in [6.07, 6.45) is 0. The van der Waals surface area contributed by atoms with Crippen molar-refractivity contribution in [1.82, 2.24) is 0 Å². The third kappa shape index (κ3) is 3.57. The molecule has 20 heavy (non-hydrogen) atoms. The topological polar surface area (TPSA) is 31.2 Å². The van der Waals surface area contributed by atoms with Crippen LogP contribution in [0.2, 0.25) is 0 Å². The van der Waals surface area contributed by atoms with E-state index in [4.69, 9.17) is 0 Å². The summed E-state index contributed by atoms with van der Waals surface area (Å²) in [4.78, 5) is 4.09. The van der Waals surface area contributed by atoms with Crippen LogP contribution in [-0.2, 0) is 0 Å². The standard InChI is InChI=1S/C16H20N4/c1-19(2)15-9-5-7-13(11-15)17-18-14-8-6-10-16(12-14)20(3)4/h5-12H,1-4H3. The van der Waals surface area contributed by atoms with Crippen molar-refractivity contribution in [3.63, 3.8) is 0 Å². The number of nitrogens with zero attached hydrogens (tertiary/aromatic N) is 4. The van der Waals surface area contributed by atoms with E-state index in [0.717, 1.165) is 22.7 Å². The summed E-state index contributed by atoms with van der Waals surface area (Å²) in [5.74, 6) is 0. The van der Waals surface area contributed by atoms with Crippen molar-refractivity contribution < 1.29 is 0 Å². The molecule has 0 saturated carbocycles. The molecule has 0 spiro atoms. The lowest BCUT2D eigenvalue weighted by Gasteiger charge is -2.12. The first-order valence-electron chi connectivity index (χ1n) is 6.53. The Labute approximate surface area is 120 Å². The minimum absolute atomic E-state index is 0.853. The van der Waals surface area contributed by atoms with Crippen LogP contribution >= 0.6 is 0 Å². The maximum absolute atomic E-state index is 4.30. The Morgan fingerprint density at radius 2 is 1.05 bits per heavy atom. The first kappa shape index (κ1) is 14.1. The Kier molecular flexibility index (Phi) is 4.35. The predicted molar refractivity (Wildman–Crippen MR) is 85.7 cm³/mol. The zero-order valence-electron chi connectivity index (χ0n) is 12.4. The fourth-order valence-corrected chi connectivity index (χ4v) is 1.78. The molecule has 0 saturated heterocycles. The maximum atomic E-state index is 4.30. The van der Waals surface area contributed by atoms with Crippen molar-refractivity contribution in [1.29, 1.82) is 0 Å². The minimum atomic E-state index is 0.853. The van der Waals surface area contributed by atoms with Crippen LogP contribution in [0.4, 0.5) is 22.7 Å². The highest BCUT2D eigenvalue weighted by molar-refractivity contribution is 5.56. The van der Waals surface area contributed by atoms with Crippen molar-refractivity contribution in [2.75, 3.05) is 38.0 Å². The highest BCUT2D eigenvalue weighted by Gasteiger charge is 1.98.